The zero-order chi connectivity index (χ0) is 13.1. The quantitative estimate of drug-likeness (QED) is 0.916. The number of methoxy groups -OCH3 is 1. The summed E-state index contributed by atoms with van der Waals surface area (Å²) in [7, 11) is 1.78. The van der Waals surface area contributed by atoms with Crippen molar-refractivity contribution in [2.45, 2.75) is 31.9 Å². The molecule has 1 saturated heterocycles. The van der Waals surface area contributed by atoms with E-state index < -0.39 is 0 Å². The molecular weight excluding hydrogens is 248 g/mol. The van der Waals surface area contributed by atoms with Crippen LogP contribution >= 0.6 is 11.6 Å². The number of ether oxygens (including phenoxy) is 1. The average molecular weight is 269 g/mol. The van der Waals surface area contributed by atoms with Crippen LogP contribution in [0, 0.1) is 0 Å². The fourth-order valence-electron chi connectivity index (χ4n) is 2.40. The number of benzene rings is 1. The number of rotatable bonds is 3. The Kier molecular flexibility index (Phi) is 4.49. The highest BCUT2D eigenvalue weighted by Crippen LogP contribution is 2.30. The van der Waals surface area contributed by atoms with Crippen LogP contribution in [-0.4, -0.2) is 26.3 Å². The molecule has 0 saturated carbocycles. The Balaban J connectivity index is 2.10. The zero-order valence-electron chi connectivity index (χ0n) is 11.0. The first kappa shape index (κ1) is 13.7. The highest BCUT2D eigenvalue weighted by molar-refractivity contribution is 6.33. The van der Waals surface area contributed by atoms with Gasteiger partial charge in [0.1, 0.15) is 0 Å². The number of anilines is 1. The monoisotopic (exact) mass is 268 g/mol. The predicted molar refractivity (Wildman–Crippen MR) is 76.3 cm³/mol. The summed E-state index contributed by atoms with van der Waals surface area (Å²) in [4.78, 5) is 2.32. The van der Waals surface area contributed by atoms with E-state index in [1.165, 1.54) is 0 Å². The van der Waals surface area contributed by atoms with Gasteiger partial charge in [-0.2, -0.15) is 0 Å². The molecular formula is C14H21ClN2O. The fourth-order valence-corrected chi connectivity index (χ4v) is 2.70. The highest BCUT2D eigenvalue weighted by Gasteiger charge is 2.20. The molecule has 4 heteroatoms. The molecule has 0 bridgehead atoms. The summed E-state index contributed by atoms with van der Waals surface area (Å²) >= 11 is 6.35. The van der Waals surface area contributed by atoms with Gasteiger partial charge in [0.15, 0.2) is 0 Å². The lowest BCUT2D eigenvalue weighted by atomic mass is 10.0. The van der Waals surface area contributed by atoms with Crippen molar-refractivity contribution >= 4 is 17.3 Å². The molecule has 1 aliphatic rings. The molecule has 1 fully saturated rings. The van der Waals surface area contributed by atoms with Gasteiger partial charge in [-0.25, -0.2) is 0 Å². The van der Waals surface area contributed by atoms with Gasteiger partial charge < -0.3 is 15.4 Å². The molecule has 2 rings (SSSR count). The molecule has 18 heavy (non-hydrogen) atoms. The van der Waals surface area contributed by atoms with Gasteiger partial charge in [-0.3, -0.25) is 0 Å². The van der Waals surface area contributed by atoms with Crippen LogP contribution in [0.15, 0.2) is 18.2 Å². The maximum Gasteiger partial charge on any atom is 0.0642 e. The Morgan fingerprint density at radius 3 is 2.56 bits per heavy atom. The molecule has 3 nitrogen and oxygen atoms in total. The number of nitrogens with zero attached hydrogens (tertiary/aromatic N) is 1. The minimum Gasteiger partial charge on any atom is -0.381 e. The van der Waals surface area contributed by atoms with Crippen LogP contribution in [0.2, 0.25) is 5.02 Å². The zero-order valence-corrected chi connectivity index (χ0v) is 11.8. The summed E-state index contributed by atoms with van der Waals surface area (Å²) in [6.45, 7) is 3.96. The van der Waals surface area contributed by atoms with Crippen LogP contribution in [0.1, 0.15) is 31.4 Å². The van der Waals surface area contributed by atoms with Crippen molar-refractivity contribution in [1.29, 1.82) is 0 Å². The van der Waals surface area contributed by atoms with Gasteiger partial charge in [0.2, 0.25) is 0 Å². The van der Waals surface area contributed by atoms with Crippen LogP contribution in [-0.2, 0) is 4.74 Å². The number of hydrogen-bond acceptors (Lipinski definition) is 3. The second kappa shape index (κ2) is 5.91. The summed E-state index contributed by atoms with van der Waals surface area (Å²) in [6, 6.07) is 6.14. The Morgan fingerprint density at radius 2 is 2.06 bits per heavy atom. The van der Waals surface area contributed by atoms with Crippen molar-refractivity contribution in [3.05, 3.63) is 28.8 Å². The molecule has 1 aromatic carbocycles. The van der Waals surface area contributed by atoms with Gasteiger partial charge in [0, 0.05) is 26.2 Å². The molecule has 0 spiro atoms. The van der Waals surface area contributed by atoms with Crippen molar-refractivity contribution in [3.63, 3.8) is 0 Å². The lowest BCUT2D eigenvalue weighted by molar-refractivity contribution is 0.0819. The number of nitrogens with two attached hydrogens (primary N) is 1. The minimum atomic E-state index is 0.0239. The molecule has 0 unspecified atom stereocenters. The van der Waals surface area contributed by atoms with E-state index in [9.17, 15) is 0 Å². The van der Waals surface area contributed by atoms with Crippen molar-refractivity contribution in [1.82, 2.24) is 0 Å². The van der Waals surface area contributed by atoms with E-state index in [4.69, 9.17) is 22.1 Å². The second-order valence-electron chi connectivity index (χ2n) is 4.92. The molecule has 1 aliphatic heterocycles. The molecule has 0 radical (unpaired) electrons. The Labute approximate surface area is 114 Å². The van der Waals surface area contributed by atoms with Crippen molar-refractivity contribution in [2.24, 2.45) is 5.73 Å². The largest absolute Gasteiger partial charge is 0.381 e. The van der Waals surface area contributed by atoms with Crippen molar-refractivity contribution in [2.75, 3.05) is 25.1 Å². The third-order valence-electron chi connectivity index (χ3n) is 3.61. The first-order chi connectivity index (χ1) is 8.61. The molecule has 2 N–H and O–H groups in total. The van der Waals surface area contributed by atoms with Gasteiger partial charge in [0.05, 0.1) is 16.8 Å². The van der Waals surface area contributed by atoms with Gasteiger partial charge in [-0.05, 0) is 37.5 Å². The van der Waals surface area contributed by atoms with Gasteiger partial charge >= 0.3 is 0 Å². The van der Waals surface area contributed by atoms with E-state index in [0.717, 1.165) is 42.2 Å². The maximum absolute atomic E-state index is 6.35. The molecule has 100 valence electrons. The Morgan fingerprint density at radius 1 is 1.39 bits per heavy atom. The lowest BCUT2D eigenvalue weighted by Crippen LogP contribution is -2.36. The van der Waals surface area contributed by atoms with Crippen LogP contribution in [0.25, 0.3) is 0 Å². The second-order valence-corrected chi connectivity index (χ2v) is 5.33. The lowest BCUT2D eigenvalue weighted by Gasteiger charge is -2.33. The Bertz CT molecular complexity index is 401. The van der Waals surface area contributed by atoms with Crippen LogP contribution < -0.4 is 10.6 Å². The first-order valence-electron chi connectivity index (χ1n) is 6.44. The molecule has 1 heterocycles. The smallest absolute Gasteiger partial charge is 0.0642 e. The van der Waals surface area contributed by atoms with E-state index in [-0.39, 0.29) is 6.04 Å². The van der Waals surface area contributed by atoms with Gasteiger partial charge in [-0.15, -0.1) is 0 Å². The molecule has 0 aromatic heterocycles. The Hall–Kier alpha value is -0.770. The van der Waals surface area contributed by atoms with Crippen LogP contribution in [0.5, 0.6) is 0 Å². The predicted octanol–water partition coefficient (Wildman–Crippen LogP) is 2.97. The third kappa shape index (κ3) is 2.97. The molecule has 0 aliphatic carbocycles. The van der Waals surface area contributed by atoms with E-state index in [0.29, 0.717) is 6.10 Å². The van der Waals surface area contributed by atoms with E-state index in [1.807, 2.05) is 13.0 Å². The molecule has 0 amide bonds. The summed E-state index contributed by atoms with van der Waals surface area (Å²) in [5.41, 5.74) is 8.04. The molecule has 1 aromatic rings. The summed E-state index contributed by atoms with van der Waals surface area (Å²) in [5, 5.41) is 0.792. The third-order valence-corrected chi connectivity index (χ3v) is 3.92. The highest BCUT2D eigenvalue weighted by atomic mass is 35.5. The average Bonchev–Trinajstić information content (AvgIpc) is 2.38. The number of piperidine rings is 1. The van der Waals surface area contributed by atoms with E-state index in [2.05, 4.69) is 17.0 Å². The van der Waals surface area contributed by atoms with Gasteiger partial charge in [-0.1, -0.05) is 17.7 Å². The topological polar surface area (TPSA) is 38.5 Å². The maximum atomic E-state index is 6.35. The minimum absolute atomic E-state index is 0.0239. The molecule has 1 atom stereocenters. The van der Waals surface area contributed by atoms with Crippen LogP contribution in [0.4, 0.5) is 5.69 Å². The normalized spacial score (nSPS) is 19.0. The number of halogens is 1. The van der Waals surface area contributed by atoms with E-state index >= 15 is 0 Å². The fraction of sp³-hybridized carbons (Fsp3) is 0.571. The summed E-state index contributed by atoms with van der Waals surface area (Å²) < 4.78 is 5.38. The van der Waals surface area contributed by atoms with Crippen molar-refractivity contribution < 1.29 is 4.74 Å². The standard InChI is InChI=1S/C14H21ClN2O/c1-10(16)11-3-4-14(13(15)9-11)17-7-5-12(18-2)6-8-17/h3-4,9-10,12H,5-8,16H2,1-2H3/t10-/m0/s1. The summed E-state index contributed by atoms with van der Waals surface area (Å²) in [5.74, 6) is 0. The van der Waals surface area contributed by atoms with Gasteiger partial charge in [0.25, 0.3) is 0 Å². The first-order valence-corrected chi connectivity index (χ1v) is 6.82. The van der Waals surface area contributed by atoms with E-state index in [1.54, 1.807) is 7.11 Å². The summed E-state index contributed by atoms with van der Waals surface area (Å²) in [6.07, 6.45) is 2.51. The number of hydrogen-bond donors (Lipinski definition) is 1. The van der Waals surface area contributed by atoms with Crippen LogP contribution in [0.3, 0.4) is 0 Å². The van der Waals surface area contributed by atoms with Crippen molar-refractivity contribution in [3.8, 4) is 0 Å². The SMILES string of the molecule is COC1CCN(c2ccc([C@H](C)N)cc2Cl)CC1.